The molecule has 10 heteroatoms. The van der Waals surface area contributed by atoms with Crippen molar-refractivity contribution in [2.75, 3.05) is 20.1 Å². The van der Waals surface area contributed by atoms with E-state index in [1.54, 1.807) is 11.9 Å². The monoisotopic (exact) mass is 714 g/mol. The Balaban J connectivity index is 1.22. The SMILES string of the molecule is CN1CC[C@H](C2(CC(=O)C[C@H]3CCCCCCCCC[C@@H](C(=O)C(=O)CC4CC4)CC(=O)[C@@H]4[C@@H]5[C@H](CN4C3=O)C5(C)C)CCCCC2)S1(=O)=O. The Morgan fingerprint density at radius 1 is 0.800 bits per heavy atom. The molecule has 6 fully saturated rings. The Kier molecular flexibility index (Phi) is 11.5. The lowest BCUT2D eigenvalue weighted by molar-refractivity contribution is -0.146. The molecule has 9 nitrogen and oxygen atoms in total. The normalized spacial score (nSPS) is 34.9. The minimum absolute atomic E-state index is 0.000583. The van der Waals surface area contributed by atoms with Gasteiger partial charge in [-0.05, 0) is 73.5 Å². The van der Waals surface area contributed by atoms with Gasteiger partial charge in [-0.15, -0.1) is 0 Å². The van der Waals surface area contributed by atoms with Crippen LogP contribution in [-0.4, -0.2) is 78.1 Å². The predicted octanol–water partition coefficient (Wildman–Crippen LogP) is 6.46. The number of hydrogen-bond acceptors (Lipinski definition) is 7. The Hall–Kier alpha value is -1.94. The van der Waals surface area contributed by atoms with Crippen LogP contribution in [0.5, 0.6) is 0 Å². The van der Waals surface area contributed by atoms with Crippen LogP contribution in [0.25, 0.3) is 0 Å². The zero-order valence-electron chi connectivity index (χ0n) is 31.0. The van der Waals surface area contributed by atoms with Crippen molar-refractivity contribution in [2.45, 2.75) is 160 Å². The highest BCUT2D eigenvalue weighted by molar-refractivity contribution is 7.90. The van der Waals surface area contributed by atoms with E-state index in [1.165, 1.54) is 4.31 Å². The molecule has 3 aliphatic heterocycles. The molecule has 0 aromatic heterocycles. The number of hydrogen-bond donors (Lipinski definition) is 0. The van der Waals surface area contributed by atoms with E-state index < -0.39 is 44.3 Å². The van der Waals surface area contributed by atoms with E-state index in [-0.39, 0.29) is 66.2 Å². The van der Waals surface area contributed by atoms with E-state index in [0.717, 1.165) is 89.9 Å². The maximum atomic E-state index is 14.6. The van der Waals surface area contributed by atoms with E-state index in [1.807, 2.05) is 0 Å². The highest BCUT2D eigenvalue weighted by Gasteiger charge is 2.69. The van der Waals surface area contributed by atoms with Gasteiger partial charge in [-0.2, -0.15) is 0 Å². The fraction of sp³-hybridized carbons (Fsp3) is 0.875. The third kappa shape index (κ3) is 7.86. The fourth-order valence-electron chi connectivity index (χ4n) is 10.7. The minimum atomic E-state index is -3.48. The molecule has 0 unspecified atom stereocenters. The molecule has 0 aromatic carbocycles. The van der Waals surface area contributed by atoms with Crippen LogP contribution in [0.15, 0.2) is 0 Å². The lowest BCUT2D eigenvalue weighted by Gasteiger charge is -2.41. The molecule has 0 aromatic rings. The smallest absolute Gasteiger partial charge is 0.226 e. The predicted molar refractivity (Wildman–Crippen MR) is 191 cm³/mol. The van der Waals surface area contributed by atoms with Crippen molar-refractivity contribution in [2.24, 2.45) is 40.4 Å². The number of fused-ring (bicyclic) bond motifs is 3. The first kappa shape index (κ1) is 37.8. The summed E-state index contributed by atoms with van der Waals surface area (Å²) in [4.78, 5) is 71.2. The molecule has 0 spiro atoms. The van der Waals surface area contributed by atoms with Gasteiger partial charge in [-0.3, -0.25) is 24.0 Å². The number of nitrogens with zero attached hydrogens (tertiary/aromatic N) is 2. The molecule has 6 aliphatic rings. The number of carbonyl (C=O) groups excluding carboxylic acids is 5. The number of amides is 1. The molecule has 0 bridgehead atoms. The van der Waals surface area contributed by atoms with Crippen molar-refractivity contribution >= 4 is 39.1 Å². The number of rotatable bonds is 9. The highest BCUT2D eigenvalue weighted by Crippen LogP contribution is 2.65. The summed E-state index contributed by atoms with van der Waals surface area (Å²) in [6.45, 7) is 5.26. The minimum Gasteiger partial charge on any atom is -0.332 e. The topological polar surface area (TPSA) is 126 Å². The van der Waals surface area contributed by atoms with Gasteiger partial charge >= 0.3 is 0 Å². The van der Waals surface area contributed by atoms with Crippen molar-refractivity contribution in [3.05, 3.63) is 0 Å². The molecular weight excluding hydrogens is 653 g/mol. The summed E-state index contributed by atoms with van der Waals surface area (Å²) in [5, 5.41) is -0.557. The van der Waals surface area contributed by atoms with Crippen molar-refractivity contribution in [3.8, 4) is 0 Å². The second-order valence-corrected chi connectivity index (χ2v) is 20.1. The van der Waals surface area contributed by atoms with Crippen LogP contribution < -0.4 is 0 Å². The van der Waals surface area contributed by atoms with Crippen LogP contribution in [0, 0.1) is 40.4 Å². The number of carbonyl (C=O) groups is 5. The Morgan fingerprint density at radius 2 is 1.42 bits per heavy atom. The van der Waals surface area contributed by atoms with E-state index in [0.29, 0.717) is 38.3 Å². The van der Waals surface area contributed by atoms with E-state index in [2.05, 4.69) is 13.8 Å². The maximum absolute atomic E-state index is 14.6. The first-order valence-corrected chi connectivity index (χ1v) is 21.6. The van der Waals surface area contributed by atoms with E-state index >= 15 is 0 Å². The molecule has 0 radical (unpaired) electrons. The average molecular weight is 715 g/mol. The molecule has 6 atom stereocenters. The zero-order valence-corrected chi connectivity index (χ0v) is 31.8. The van der Waals surface area contributed by atoms with E-state index in [9.17, 15) is 32.4 Å². The van der Waals surface area contributed by atoms with Crippen LogP contribution in [0.2, 0.25) is 0 Å². The largest absolute Gasteiger partial charge is 0.332 e. The summed E-state index contributed by atoms with van der Waals surface area (Å²) >= 11 is 0. The van der Waals surface area contributed by atoms with Gasteiger partial charge in [0.2, 0.25) is 21.7 Å². The van der Waals surface area contributed by atoms with Crippen LogP contribution >= 0.6 is 0 Å². The number of piperidine rings is 1. The molecule has 3 heterocycles. The molecule has 6 rings (SSSR count). The van der Waals surface area contributed by atoms with Gasteiger partial charge in [0, 0.05) is 57.7 Å². The van der Waals surface area contributed by atoms with Crippen LogP contribution in [0.4, 0.5) is 0 Å². The summed E-state index contributed by atoms with van der Waals surface area (Å²) in [5.41, 5.74) is -0.672. The highest BCUT2D eigenvalue weighted by atomic mass is 32.2. The van der Waals surface area contributed by atoms with E-state index in [4.69, 9.17) is 0 Å². The lowest BCUT2D eigenvalue weighted by atomic mass is 9.67. The molecule has 1 amide bonds. The van der Waals surface area contributed by atoms with Gasteiger partial charge in [0.15, 0.2) is 11.6 Å². The number of sulfonamides is 1. The quantitative estimate of drug-likeness (QED) is 0.251. The fourth-order valence-corrected chi connectivity index (χ4v) is 12.9. The number of Topliss-reactive ketones (excluding diaryl/α,β-unsaturated/α-hetero) is 4. The lowest BCUT2D eigenvalue weighted by Crippen LogP contribution is -2.49. The standard InChI is InChI=1S/C40H62N2O7S/c1-39(2)31-26-42-36(35(31)39)32(44)24-28(37(46)33(45)22-27-16-17-27)14-10-7-5-4-6-8-11-15-29(38(42)47)23-30(43)25-40(19-12-9-13-20-40)34-18-21-41(3)50(34,48)49/h27-29,31,34-36H,4-26H2,1-3H3/t28-,29-,31+,34-,35+,36-/m1/s1. The Morgan fingerprint density at radius 3 is 2.04 bits per heavy atom. The zero-order chi connectivity index (χ0) is 35.8. The second-order valence-electron chi connectivity index (χ2n) is 17.9. The maximum Gasteiger partial charge on any atom is 0.226 e. The van der Waals surface area contributed by atoms with Gasteiger partial charge < -0.3 is 4.90 Å². The molecule has 280 valence electrons. The third-order valence-electron chi connectivity index (χ3n) is 14.1. The van der Waals surface area contributed by atoms with Gasteiger partial charge in [-0.1, -0.05) is 78.1 Å². The summed E-state index contributed by atoms with van der Waals surface area (Å²) in [7, 11) is -1.84. The van der Waals surface area contributed by atoms with Crippen LogP contribution in [-0.2, 0) is 34.0 Å². The molecular formula is C40H62N2O7S. The third-order valence-corrected chi connectivity index (χ3v) is 16.6. The first-order chi connectivity index (χ1) is 23.8. The Labute approximate surface area is 300 Å². The number of ketones is 4. The van der Waals surface area contributed by atoms with Crippen molar-refractivity contribution < 1.29 is 32.4 Å². The molecule has 3 saturated heterocycles. The van der Waals surface area contributed by atoms with Gasteiger partial charge in [0.25, 0.3) is 0 Å². The summed E-state index contributed by atoms with van der Waals surface area (Å²) in [6, 6.07) is -0.634. The van der Waals surface area contributed by atoms with Crippen molar-refractivity contribution in [1.29, 1.82) is 0 Å². The molecule has 50 heavy (non-hydrogen) atoms. The van der Waals surface area contributed by atoms with Crippen LogP contribution in [0.1, 0.15) is 149 Å². The second kappa shape index (κ2) is 15.2. The van der Waals surface area contributed by atoms with Crippen molar-refractivity contribution in [3.63, 3.8) is 0 Å². The average Bonchev–Trinajstić information content (AvgIpc) is 3.88. The van der Waals surface area contributed by atoms with Gasteiger partial charge in [0.1, 0.15) is 5.78 Å². The van der Waals surface area contributed by atoms with Crippen LogP contribution in [0.3, 0.4) is 0 Å². The Bertz CT molecular complexity index is 1430. The first-order valence-electron chi connectivity index (χ1n) is 20.1. The van der Waals surface area contributed by atoms with Gasteiger partial charge in [0.05, 0.1) is 11.3 Å². The molecule has 3 saturated carbocycles. The van der Waals surface area contributed by atoms with Gasteiger partial charge in [-0.25, -0.2) is 12.7 Å². The summed E-state index contributed by atoms with van der Waals surface area (Å²) in [5.74, 6) is -1.67. The molecule has 0 N–H and O–H groups in total. The molecule has 3 aliphatic carbocycles. The van der Waals surface area contributed by atoms with Crippen molar-refractivity contribution in [1.82, 2.24) is 9.21 Å². The summed E-state index contributed by atoms with van der Waals surface area (Å²) < 4.78 is 28.3. The summed E-state index contributed by atoms with van der Waals surface area (Å²) in [6.07, 6.45) is 15.2.